The number of rotatable bonds is 3. The molecular formula is C12H13ClN6O. The Morgan fingerprint density at radius 1 is 1.40 bits per heavy atom. The number of aromatic nitrogens is 4. The molecule has 20 heavy (non-hydrogen) atoms. The Morgan fingerprint density at radius 3 is 2.85 bits per heavy atom. The first-order valence-corrected chi connectivity index (χ1v) is 6.64. The summed E-state index contributed by atoms with van der Waals surface area (Å²) < 4.78 is 0. The first kappa shape index (κ1) is 12.9. The highest BCUT2D eigenvalue weighted by Gasteiger charge is 2.43. The SMILES string of the molecule is O=C(Nc1cccc(Cl)c1)NC1(c2nn[nH]n2)CCC1. The highest BCUT2D eigenvalue weighted by molar-refractivity contribution is 6.30. The van der Waals surface area contributed by atoms with Crippen molar-refractivity contribution >= 4 is 23.3 Å². The number of carbonyl (C=O) groups excluding carboxylic acids is 1. The quantitative estimate of drug-likeness (QED) is 0.807. The molecule has 1 aliphatic carbocycles. The number of urea groups is 1. The van der Waals surface area contributed by atoms with Gasteiger partial charge in [-0.15, -0.1) is 10.2 Å². The molecule has 8 heteroatoms. The standard InChI is InChI=1S/C12H13ClN6O/c13-8-3-1-4-9(7-8)14-11(20)15-12(5-2-6-12)10-16-18-19-17-10/h1,3-4,7H,2,5-6H2,(H2,14,15,20)(H,16,17,18,19). The van der Waals surface area contributed by atoms with Crippen molar-refractivity contribution in [2.75, 3.05) is 5.32 Å². The van der Waals surface area contributed by atoms with Gasteiger partial charge in [-0.05, 0) is 37.5 Å². The summed E-state index contributed by atoms with van der Waals surface area (Å²) in [5.41, 5.74) is 0.118. The third-order valence-electron chi connectivity index (χ3n) is 3.42. The van der Waals surface area contributed by atoms with E-state index in [-0.39, 0.29) is 6.03 Å². The van der Waals surface area contributed by atoms with Gasteiger partial charge in [-0.3, -0.25) is 0 Å². The fourth-order valence-electron chi connectivity index (χ4n) is 2.25. The van der Waals surface area contributed by atoms with Crippen LogP contribution in [0.15, 0.2) is 24.3 Å². The zero-order chi connectivity index (χ0) is 14.0. The number of tetrazole rings is 1. The van der Waals surface area contributed by atoms with Gasteiger partial charge in [0.25, 0.3) is 0 Å². The molecule has 0 spiro atoms. The van der Waals surface area contributed by atoms with Gasteiger partial charge in [0.05, 0.1) is 0 Å². The zero-order valence-corrected chi connectivity index (χ0v) is 11.3. The van der Waals surface area contributed by atoms with Crippen LogP contribution in [0, 0.1) is 0 Å². The molecule has 0 atom stereocenters. The normalized spacial score (nSPS) is 16.2. The van der Waals surface area contributed by atoms with E-state index in [1.807, 2.05) is 0 Å². The number of nitrogens with zero attached hydrogens (tertiary/aromatic N) is 3. The van der Waals surface area contributed by atoms with Gasteiger partial charge in [0.15, 0.2) is 5.82 Å². The van der Waals surface area contributed by atoms with Gasteiger partial charge in [-0.25, -0.2) is 4.79 Å². The minimum absolute atomic E-state index is 0.309. The number of anilines is 1. The number of benzene rings is 1. The predicted octanol–water partition coefficient (Wildman–Crippen LogP) is 2.05. The van der Waals surface area contributed by atoms with Crippen molar-refractivity contribution in [1.29, 1.82) is 0 Å². The van der Waals surface area contributed by atoms with Crippen molar-refractivity contribution in [3.63, 3.8) is 0 Å². The summed E-state index contributed by atoms with van der Waals surface area (Å²) in [6.07, 6.45) is 2.62. The number of carbonyl (C=O) groups is 1. The van der Waals surface area contributed by atoms with Crippen LogP contribution in [0.2, 0.25) is 5.02 Å². The van der Waals surface area contributed by atoms with Crippen LogP contribution in [0.5, 0.6) is 0 Å². The molecule has 7 nitrogen and oxygen atoms in total. The summed E-state index contributed by atoms with van der Waals surface area (Å²) in [5.74, 6) is 0.519. The van der Waals surface area contributed by atoms with Crippen molar-refractivity contribution < 1.29 is 4.79 Å². The van der Waals surface area contributed by atoms with E-state index in [1.54, 1.807) is 24.3 Å². The summed E-state index contributed by atoms with van der Waals surface area (Å²) in [5, 5.41) is 20.1. The predicted molar refractivity (Wildman–Crippen MR) is 73.3 cm³/mol. The van der Waals surface area contributed by atoms with Gasteiger partial charge >= 0.3 is 6.03 Å². The van der Waals surface area contributed by atoms with Crippen molar-refractivity contribution in [3.8, 4) is 0 Å². The third kappa shape index (κ3) is 2.44. The van der Waals surface area contributed by atoms with E-state index >= 15 is 0 Å². The van der Waals surface area contributed by atoms with Gasteiger partial charge in [-0.1, -0.05) is 22.9 Å². The van der Waals surface area contributed by atoms with E-state index in [9.17, 15) is 4.79 Å². The highest BCUT2D eigenvalue weighted by Crippen LogP contribution is 2.39. The number of hydrogen-bond donors (Lipinski definition) is 3. The molecule has 1 saturated carbocycles. The molecule has 1 aliphatic rings. The summed E-state index contributed by atoms with van der Waals surface area (Å²) >= 11 is 5.88. The zero-order valence-electron chi connectivity index (χ0n) is 10.6. The molecule has 1 aromatic heterocycles. The molecule has 1 fully saturated rings. The Morgan fingerprint density at radius 2 is 2.25 bits per heavy atom. The minimum Gasteiger partial charge on any atom is -0.325 e. The van der Waals surface area contributed by atoms with Crippen LogP contribution in [0.1, 0.15) is 25.1 Å². The second-order valence-corrected chi connectivity index (χ2v) is 5.20. The summed E-state index contributed by atoms with van der Waals surface area (Å²) in [6.45, 7) is 0. The van der Waals surface area contributed by atoms with Crippen LogP contribution >= 0.6 is 11.6 Å². The minimum atomic E-state index is -0.518. The van der Waals surface area contributed by atoms with E-state index in [1.165, 1.54) is 0 Å². The first-order valence-electron chi connectivity index (χ1n) is 6.27. The molecule has 0 saturated heterocycles. The average Bonchev–Trinajstić information content (AvgIpc) is 2.88. The number of H-pyrrole nitrogens is 1. The van der Waals surface area contributed by atoms with Crippen molar-refractivity contribution in [2.24, 2.45) is 0 Å². The third-order valence-corrected chi connectivity index (χ3v) is 3.65. The Labute approximate surface area is 120 Å². The number of amides is 2. The highest BCUT2D eigenvalue weighted by atomic mass is 35.5. The summed E-state index contributed by atoms with van der Waals surface area (Å²) in [6, 6.07) is 6.67. The maximum atomic E-state index is 12.1. The van der Waals surface area contributed by atoms with Gasteiger partial charge < -0.3 is 10.6 Å². The number of aromatic amines is 1. The second kappa shape index (κ2) is 5.09. The van der Waals surface area contributed by atoms with Crippen LogP contribution in [-0.2, 0) is 5.54 Å². The Balaban J connectivity index is 1.69. The van der Waals surface area contributed by atoms with Crippen molar-refractivity contribution in [3.05, 3.63) is 35.1 Å². The molecule has 2 amide bonds. The van der Waals surface area contributed by atoms with E-state index in [4.69, 9.17) is 11.6 Å². The molecule has 104 valence electrons. The van der Waals surface area contributed by atoms with Gasteiger partial charge in [0.1, 0.15) is 5.54 Å². The van der Waals surface area contributed by atoms with Crippen LogP contribution in [0.4, 0.5) is 10.5 Å². The van der Waals surface area contributed by atoms with E-state index in [2.05, 4.69) is 31.3 Å². The molecule has 3 N–H and O–H groups in total. The van der Waals surface area contributed by atoms with Crippen molar-refractivity contribution in [1.82, 2.24) is 25.9 Å². The summed E-state index contributed by atoms with van der Waals surface area (Å²) in [4.78, 5) is 12.1. The number of hydrogen-bond acceptors (Lipinski definition) is 4. The lowest BCUT2D eigenvalue weighted by molar-refractivity contribution is 0.175. The molecule has 1 aromatic carbocycles. The Bertz CT molecular complexity index is 610. The summed E-state index contributed by atoms with van der Waals surface area (Å²) in [7, 11) is 0. The van der Waals surface area contributed by atoms with Crippen LogP contribution < -0.4 is 10.6 Å². The Kier molecular flexibility index (Phi) is 3.27. The largest absolute Gasteiger partial charge is 0.325 e. The van der Waals surface area contributed by atoms with Gasteiger partial charge in [0.2, 0.25) is 0 Å². The topological polar surface area (TPSA) is 95.6 Å². The van der Waals surface area contributed by atoms with E-state index in [0.29, 0.717) is 16.5 Å². The van der Waals surface area contributed by atoms with Crippen molar-refractivity contribution in [2.45, 2.75) is 24.8 Å². The maximum Gasteiger partial charge on any atom is 0.320 e. The van der Waals surface area contributed by atoms with Crippen LogP contribution in [-0.4, -0.2) is 26.7 Å². The van der Waals surface area contributed by atoms with Gasteiger partial charge in [-0.2, -0.15) is 5.21 Å². The fraction of sp³-hybridized carbons (Fsp3) is 0.333. The molecule has 0 unspecified atom stereocenters. The fourth-order valence-corrected chi connectivity index (χ4v) is 2.44. The lowest BCUT2D eigenvalue weighted by Gasteiger charge is -2.39. The maximum absolute atomic E-state index is 12.1. The smallest absolute Gasteiger partial charge is 0.320 e. The van der Waals surface area contributed by atoms with E-state index in [0.717, 1.165) is 19.3 Å². The molecule has 0 aliphatic heterocycles. The number of nitrogens with one attached hydrogen (secondary N) is 3. The Hall–Kier alpha value is -2.15. The molecule has 1 heterocycles. The van der Waals surface area contributed by atoms with Crippen LogP contribution in [0.25, 0.3) is 0 Å². The monoisotopic (exact) mass is 292 g/mol. The second-order valence-electron chi connectivity index (χ2n) is 4.76. The molecule has 2 aromatic rings. The van der Waals surface area contributed by atoms with E-state index < -0.39 is 5.54 Å². The van der Waals surface area contributed by atoms with Crippen LogP contribution in [0.3, 0.4) is 0 Å². The molecule has 0 bridgehead atoms. The first-order chi connectivity index (χ1) is 9.68. The average molecular weight is 293 g/mol. The number of halogens is 1. The molecule has 3 rings (SSSR count). The lowest BCUT2D eigenvalue weighted by Crippen LogP contribution is -2.52. The molecular weight excluding hydrogens is 280 g/mol. The molecule has 0 radical (unpaired) electrons. The lowest BCUT2D eigenvalue weighted by atomic mass is 9.76. The van der Waals surface area contributed by atoms with Gasteiger partial charge in [0, 0.05) is 10.7 Å².